The van der Waals surface area contributed by atoms with Crippen LogP contribution in [-0.4, -0.2) is 16.7 Å². The molecule has 25 heavy (non-hydrogen) atoms. The minimum Gasteiger partial charge on any atom is -0.320 e. The maximum Gasteiger partial charge on any atom is 0.274 e. The predicted molar refractivity (Wildman–Crippen MR) is 101 cm³/mol. The van der Waals surface area contributed by atoms with Crippen LogP contribution in [-0.2, 0) is 0 Å². The van der Waals surface area contributed by atoms with E-state index in [4.69, 9.17) is 11.6 Å². The highest BCUT2D eigenvalue weighted by atomic mass is 79.9. The fourth-order valence-corrected chi connectivity index (χ4v) is 2.78. The summed E-state index contributed by atoms with van der Waals surface area (Å²) in [5.41, 5.74) is 1.45. The van der Waals surface area contributed by atoms with E-state index in [2.05, 4.69) is 26.2 Å². The number of nitrogens with one attached hydrogen (secondary N) is 1. The zero-order chi connectivity index (χ0) is 17.8. The van der Waals surface area contributed by atoms with Gasteiger partial charge in [-0.25, -0.2) is 0 Å². The van der Waals surface area contributed by atoms with Crippen LogP contribution < -0.4 is 5.32 Å². The summed E-state index contributed by atoms with van der Waals surface area (Å²) in [5, 5.41) is 3.14. The zero-order valence-electron chi connectivity index (χ0n) is 12.9. The van der Waals surface area contributed by atoms with Gasteiger partial charge in [0.25, 0.3) is 5.91 Å². The zero-order valence-corrected chi connectivity index (χ0v) is 15.2. The third-order valence-electron chi connectivity index (χ3n) is 3.47. The number of anilines is 1. The molecule has 1 N–H and O–H groups in total. The van der Waals surface area contributed by atoms with E-state index in [1.807, 2.05) is 6.07 Å². The van der Waals surface area contributed by atoms with Gasteiger partial charge in [-0.05, 0) is 30.3 Å². The molecular weight excluding hydrogens is 404 g/mol. The summed E-state index contributed by atoms with van der Waals surface area (Å²) in [7, 11) is 0. The van der Waals surface area contributed by atoms with Crippen molar-refractivity contribution in [3.8, 4) is 0 Å². The number of rotatable bonds is 4. The third kappa shape index (κ3) is 4.13. The molecule has 0 aliphatic rings. The Balaban J connectivity index is 1.94. The van der Waals surface area contributed by atoms with Gasteiger partial charge in [0.05, 0.1) is 5.69 Å². The van der Waals surface area contributed by atoms with Crippen LogP contribution in [0, 0.1) is 0 Å². The van der Waals surface area contributed by atoms with Crippen LogP contribution in [0.3, 0.4) is 0 Å². The Labute approximate surface area is 158 Å². The molecule has 1 aromatic heterocycles. The number of hydrogen-bond acceptors (Lipinski definition) is 3. The molecule has 6 heteroatoms. The molecule has 0 unspecified atom stereocenters. The van der Waals surface area contributed by atoms with E-state index in [1.54, 1.807) is 54.6 Å². The molecule has 0 aliphatic heterocycles. The molecule has 0 aliphatic carbocycles. The largest absolute Gasteiger partial charge is 0.320 e. The Morgan fingerprint density at radius 2 is 1.76 bits per heavy atom. The lowest BCUT2D eigenvalue weighted by Gasteiger charge is -2.11. The van der Waals surface area contributed by atoms with Gasteiger partial charge in [0.1, 0.15) is 5.69 Å². The van der Waals surface area contributed by atoms with Gasteiger partial charge in [-0.1, -0.05) is 57.9 Å². The Hall–Kier alpha value is -2.50. The molecule has 0 fully saturated rings. The van der Waals surface area contributed by atoms with Crippen molar-refractivity contribution in [1.29, 1.82) is 0 Å². The lowest BCUT2D eigenvalue weighted by atomic mass is 10.0. The normalized spacial score (nSPS) is 10.3. The topological polar surface area (TPSA) is 59.1 Å². The molecular formula is C19H12BrClN2O2. The first-order valence-electron chi connectivity index (χ1n) is 7.37. The van der Waals surface area contributed by atoms with Crippen molar-refractivity contribution >= 4 is 44.9 Å². The maximum atomic E-state index is 12.8. The lowest BCUT2D eigenvalue weighted by molar-refractivity contribution is 0.102. The molecule has 3 aromatic rings. The molecule has 0 radical (unpaired) electrons. The Morgan fingerprint density at radius 1 is 1.00 bits per heavy atom. The molecule has 0 bridgehead atoms. The number of pyridine rings is 1. The lowest BCUT2D eigenvalue weighted by Crippen LogP contribution is -2.16. The first-order valence-corrected chi connectivity index (χ1v) is 8.54. The van der Waals surface area contributed by atoms with Crippen molar-refractivity contribution in [2.45, 2.75) is 0 Å². The smallest absolute Gasteiger partial charge is 0.274 e. The molecule has 0 saturated heterocycles. The molecule has 2 aromatic carbocycles. The maximum absolute atomic E-state index is 12.8. The third-order valence-corrected chi connectivity index (χ3v) is 4.19. The van der Waals surface area contributed by atoms with Crippen LogP contribution in [0.2, 0.25) is 5.02 Å². The second-order valence-corrected chi connectivity index (χ2v) is 6.55. The van der Waals surface area contributed by atoms with E-state index < -0.39 is 5.91 Å². The van der Waals surface area contributed by atoms with Gasteiger partial charge >= 0.3 is 0 Å². The summed E-state index contributed by atoms with van der Waals surface area (Å²) in [5.74, 6) is -0.633. The molecule has 0 saturated carbocycles. The number of carbonyl (C=O) groups excluding carboxylic acids is 2. The summed E-state index contributed by atoms with van der Waals surface area (Å²) in [4.78, 5) is 29.2. The number of nitrogens with zero attached hydrogens (tertiary/aromatic N) is 1. The average Bonchev–Trinajstić information content (AvgIpc) is 2.63. The van der Waals surface area contributed by atoms with E-state index in [-0.39, 0.29) is 11.5 Å². The van der Waals surface area contributed by atoms with Crippen molar-refractivity contribution in [3.05, 3.63) is 93.2 Å². The number of carbonyl (C=O) groups is 2. The van der Waals surface area contributed by atoms with E-state index in [1.165, 1.54) is 6.20 Å². The minimum atomic E-state index is -0.411. The van der Waals surface area contributed by atoms with E-state index in [0.717, 1.165) is 4.47 Å². The summed E-state index contributed by atoms with van der Waals surface area (Å²) in [6, 6.07) is 16.9. The van der Waals surface area contributed by atoms with Gasteiger partial charge in [0, 0.05) is 26.8 Å². The van der Waals surface area contributed by atoms with Crippen molar-refractivity contribution in [2.24, 2.45) is 0 Å². The van der Waals surface area contributed by atoms with Crippen molar-refractivity contribution in [2.75, 3.05) is 5.32 Å². The van der Waals surface area contributed by atoms with Crippen molar-refractivity contribution < 1.29 is 9.59 Å². The van der Waals surface area contributed by atoms with Crippen LogP contribution in [0.4, 0.5) is 5.69 Å². The second kappa shape index (κ2) is 7.59. The number of hydrogen-bond donors (Lipinski definition) is 1. The van der Waals surface area contributed by atoms with E-state index in [9.17, 15) is 9.59 Å². The van der Waals surface area contributed by atoms with E-state index in [0.29, 0.717) is 21.8 Å². The van der Waals surface area contributed by atoms with Crippen molar-refractivity contribution in [1.82, 2.24) is 4.98 Å². The molecule has 1 amide bonds. The summed E-state index contributed by atoms with van der Waals surface area (Å²) < 4.78 is 0.740. The van der Waals surface area contributed by atoms with E-state index >= 15 is 0 Å². The monoisotopic (exact) mass is 414 g/mol. The number of aromatic nitrogens is 1. The summed E-state index contributed by atoms with van der Waals surface area (Å²) in [6.45, 7) is 0. The summed E-state index contributed by atoms with van der Waals surface area (Å²) >= 11 is 9.34. The van der Waals surface area contributed by atoms with Gasteiger partial charge in [0.15, 0.2) is 5.78 Å². The van der Waals surface area contributed by atoms with Crippen LogP contribution in [0.15, 0.2) is 71.3 Å². The number of ketones is 1. The van der Waals surface area contributed by atoms with Gasteiger partial charge in [-0.3, -0.25) is 14.6 Å². The quantitative estimate of drug-likeness (QED) is 0.611. The van der Waals surface area contributed by atoms with Crippen LogP contribution in [0.5, 0.6) is 0 Å². The minimum absolute atomic E-state index is 0.222. The van der Waals surface area contributed by atoms with Crippen LogP contribution in [0.1, 0.15) is 26.4 Å². The Kier molecular flexibility index (Phi) is 5.26. The highest BCUT2D eigenvalue weighted by Gasteiger charge is 2.17. The second-order valence-electron chi connectivity index (χ2n) is 5.20. The predicted octanol–water partition coefficient (Wildman–Crippen LogP) is 4.98. The number of amides is 1. The molecule has 0 atom stereocenters. The highest BCUT2D eigenvalue weighted by Crippen LogP contribution is 2.24. The van der Waals surface area contributed by atoms with Gasteiger partial charge in [0.2, 0.25) is 0 Å². The van der Waals surface area contributed by atoms with Crippen LogP contribution in [0.25, 0.3) is 0 Å². The van der Waals surface area contributed by atoms with Crippen LogP contribution >= 0.6 is 27.5 Å². The fourth-order valence-electron chi connectivity index (χ4n) is 2.27. The van der Waals surface area contributed by atoms with Gasteiger partial charge < -0.3 is 5.32 Å². The molecule has 1 heterocycles. The van der Waals surface area contributed by atoms with Gasteiger partial charge in [-0.2, -0.15) is 0 Å². The molecule has 4 nitrogen and oxygen atoms in total. The summed E-state index contributed by atoms with van der Waals surface area (Å²) in [6.07, 6.45) is 1.52. The molecule has 3 rings (SSSR count). The van der Waals surface area contributed by atoms with Crippen molar-refractivity contribution in [3.63, 3.8) is 0 Å². The average molecular weight is 416 g/mol. The fraction of sp³-hybridized carbons (Fsp3) is 0. The first kappa shape index (κ1) is 17.3. The number of benzene rings is 2. The first-order chi connectivity index (χ1) is 12.0. The van der Waals surface area contributed by atoms with Gasteiger partial charge in [-0.15, -0.1) is 0 Å². The molecule has 0 spiro atoms. The SMILES string of the molecule is O=C(Nc1ccc(Cl)cc1C(=O)c1ccccc1)c1cc(Br)ccn1. The molecule has 124 valence electrons. The highest BCUT2D eigenvalue weighted by molar-refractivity contribution is 9.10. The Bertz CT molecular complexity index is 945. The number of halogens is 2. The standard InChI is InChI=1S/C19H12BrClN2O2/c20-13-8-9-22-17(10-13)19(25)23-16-7-6-14(21)11-15(16)18(24)12-4-2-1-3-5-12/h1-11H,(H,23,25). The Morgan fingerprint density at radius 3 is 2.48 bits per heavy atom.